The summed E-state index contributed by atoms with van der Waals surface area (Å²) in [5.41, 5.74) is 3.54. The van der Waals surface area contributed by atoms with Gasteiger partial charge in [-0.1, -0.05) is 12.1 Å². The highest BCUT2D eigenvalue weighted by molar-refractivity contribution is 5.79. The van der Waals surface area contributed by atoms with E-state index in [9.17, 15) is 0 Å². The van der Waals surface area contributed by atoms with Gasteiger partial charge in [-0.3, -0.25) is 9.88 Å². The van der Waals surface area contributed by atoms with Crippen molar-refractivity contribution in [1.82, 2.24) is 15.2 Å². The van der Waals surface area contributed by atoms with Crippen molar-refractivity contribution < 1.29 is 0 Å². The standard InChI is InChI=1S/C18H23N3/c1-13-2-4-15-10-14(3-7-18(15)20-13)11-19-16-8-9-21(12-16)17-5-6-17/h2-4,7,10,16-17,19H,5-6,8-9,11-12H2,1H3. The number of benzene rings is 1. The van der Waals surface area contributed by atoms with Crippen LogP contribution < -0.4 is 5.32 Å². The Bertz CT molecular complexity index is 648. The largest absolute Gasteiger partial charge is 0.309 e. The number of pyridine rings is 1. The van der Waals surface area contributed by atoms with Gasteiger partial charge in [-0.15, -0.1) is 0 Å². The molecule has 1 aromatic heterocycles. The summed E-state index contributed by atoms with van der Waals surface area (Å²) >= 11 is 0. The first-order valence-electron chi connectivity index (χ1n) is 8.12. The van der Waals surface area contributed by atoms with Crippen LogP contribution in [0.1, 0.15) is 30.5 Å². The van der Waals surface area contributed by atoms with Crippen LogP contribution in [0.4, 0.5) is 0 Å². The van der Waals surface area contributed by atoms with Crippen LogP contribution in [0.2, 0.25) is 0 Å². The number of aromatic nitrogens is 1. The highest BCUT2D eigenvalue weighted by Gasteiger charge is 2.33. The fourth-order valence-corrected chi connectivity index (χ4v) is 3.37. The van der Waals surface area contributed by atoms with Crippen LogP contribution in [0.25, 0.3) is 10.9 Å². The smallest absolute Gasteiger partial charge is 0.0705 e. The number of nitrogens with one attached hydrogen (secondary N) is 1. The molecule has 21 heavy (non-hydrogen) atoms. The van der Waals surface area contributed by atoms with E-state index in [1.54, 1.807) is 0 Å². The molecule has 0 amide bonds. The van der Waals surface area contributed by atoms with Crippen LogP contribution in [0, 0.1) is 6.92 Å². The number of nitrogens with zero attached hydrogens (tertiary/aromatic N) is 2. The second-order valence-electron chi connectivity index (χ2n) is 6.57. The molecule has 1 aliphatic heterocycles. The molecule has 0 spiro atoms. The Morgan fingerprint density at radius 2 is 2.10 bits per heavy atom. The van der Waals surface area contributed by atoms with Gasteiger partial charge in [0.15, 0.2) is 0 Å². The molecule has 1 unspecified atom stereocenters. The summed E-state index contributed by atoms with van der Waals surface area (Å²) in [4.78, 5) is 7.22. The minimum atomic E-state index is 0.664. The van der Waals surface area contributed by atoms with Crippen molar-refractivity contribution in [2.75, 3.05) is 13.1 Å². The normalized spacial score (nSPS) is 23.0. The van der Waals surface area contributed by atoms with Crippen LogP contribution in [-0.4, -0.2) is 35.1 Å². The average molecular weight is 281 g/mol. The zero-order valence-electron chi connectivity index (χ0n) is 12.7. The van der Waals surface area contributed by atoms with Gasteiger partial charge in [0.1, 0.15) is 0 Å². The maximum atomic E-state index is 4.56. The van der Waals surface area contributed by atoms with Gasteiger partial charge in [-0.05, 0) is 49.9 Å². The molecular formula is C18H23N3. The van der Waals surface area contributed by atoms with E-state index in [-0.39, 0.29) is 0 Å². The minimum Gasteiger partial charge on any atom is -0.309 e. The second kappa shape index (κ2) is 5.39. The lowest BCUT2D eigenvalue weighted by Crippen LogP contribution is -2.32. The SMILES string of the molecule is Cc1ccc2cc(CNC3CCN(C4CC4)C3)ccc2n1. The Morgan fingerprint density at radius 1 is 1.19 bits per heavy atom. The van der Waals surface area contributed by atoms with E-state index >= 15 is 0 Å². The van der Waals surface area contributed by atoms with Crippen LogP contribution in [0.5, 0.6) is 0 Å². The molecule has 1 saturated heterocycles. The predicted molar refractivity (Wildman–Crippen MR) is 86.3 cm³/mol. The maximum absolute atomic E-state index is 4.56. The fourth-order valence-electron chi connectivity index (χ4n) is 3.37. The van der Waals surface area contributed by atoms with Crippen molar-refractivity contribution in [2.45, 2.75) is 44.8 Å². The molecule has 2 heterocycles. The summed E-state index contributed by atoms with van der Waals surface area (Å²) in [6.45, 7) is 5.52. The summed E-state index contributed by atoms with van der Waals surface area (Å²) in [6, 6.07) is 12.4. The highest BCUT2D eigenvalue weighted by Crippen LogP contribution is 2.29. The van der Waals surface area contributed by atoms with Crippen LogP contribution in [0.3, 0.4) is 0 Å². The third-order valence-electron chi connectivity index (χ3n) is 4.77. The molecule has 2 aromatic rings. The first-order valence-corrected chi connectivity index (χ1v) is 8.12. The first kappa shape index (κ1) is 13.2. The fraction of sp³-hybridized carbons (Fsp3) is 0.500. The quantitative estimate of drug-likeness (QED) is 0.934. The molecule has 3 nitrogen and oxygen atoms in total. The summed E-state index contributed by atoms with van der Waals surface area (Å²) in [7, 11) is 0. The lowest BCUT2D eigenvalue weighted by atomic mass is 10.1. The molecule has 2 fully saturated rings. The van der Waals surface area contributed by atoms with Gasteiger partial charge >= 0.3 is 0 Å². The molecule has 110 valence electrons. The van der Waals surface area contributed by atoms with Crippen molar-refractivity contribution in [3.8, 4) is 0 Å². The molecule has 1 aliphatic carbocycles. The number of fused-ring (bicyclic) bond motifs is 1. The molecule has 1 N–H and O–H groups in total. The lowest BCUT2D eigenvalue weighted by Gasteiger charge is -2.16. The Labute approximate surface area is 126 Å². The van der Waals surface area contributed by atoms with Gasteiger partial charge in [0.05, 0.1) is 5.52 Å². The first-order chi connectivity index (χ1) is 10.3. The lowest BCUT2D eigenvalue weighted by molar-refractivity contribution is 0.317. The van der Waals surface area contributed by atoms with Gasteiger partial charge in [-0.25, -0.2) is 0 Å². The Hall–Kier alpha value is -1.45. The molecule has 1 saturated carbocycles. The summed E-state index contributed by atoms with van der Waals surface area (Å²) in [6.07, 6.45) is 4.14. The zero-order chi connectivity index (χ0) is 14.2. The number of hydrogen-bond donors (Lipinski definition) is 1. The number of rotatable bonds is 4. The summed E-state index contributed by atoms with van der Waals surface area (Å²) < 4.78 is 0. The molecule has 0 radical (unpaired) electrons. The van der Waals surface area contributed by atoms with Gasteiger partial charge in [-0.2, -0.15) is 0 Å². The summed E-state index contributed by atoms with van der Waals surface area (Å²) in [5, 5.41) is 4.97. The van der Waals surface area contributed by atoms with Crippen molar-refractivity contribution in [3.63, 3.8) is 0 Å². The molecule has 4 rings (SSSR count). The van der Waals surface area contributed by atoms with Gasteiger partial charge in [0.25, 0.3) is 0 Å². The molecule has 3 heteroatoms. The van der Waals surface area contributed by atoms with Crippen LogP contribution in [-0.2, 0) is 6.54 Å². The highest BCUT2D eigenvalue weighted by atomic mass is 15.2. The van der Waals surface area contributed by atoms with E-state index in [0.717, 1.165) is 23.8 Å². The third kappa shape index (κ3) is 2.94. The Balaban J connectivity index is 1.39. The van der Waals surface area contributed by atoms with E-state index in [4.69, 9.17) is 0 Å². The minimum absolute atomic E-state index is 0.664. The molecule has 0 bridgehead atoms. The summed E-state index contributed by atoms with van der Waals surface area (Å²) in [5.74, 6) is 0. The van der Waals surface area contributed by atoms with Crippen molar-refractivity contribution >= 4 is 10.9 Å². The number of aryl methyl sites for hydroxylation is 1. The topological polar surface area (TPSA) is 28.2 Å². The molecule has 2 aliphatic rings. The Kier molecular flexibility index (Phi) is 3.40. The monoisotopic (exact) mass is 281 g/mol. The van der Waals surface area contributed by atoms with Gasteiger partial charge in [0.2, 0.25) is 0 Å². The van der Waals surface area contributed by atoms with Gasteiger partial charge < -0.3 is 5.32 Å². The van der Waals surface area contributed by atoms with Crippen molar-refractivity contribution in [2.24, 2.45) is 0 Å². The predicted octanol–water partition coefficient (Wildman–Crippen LogP) is 2.87. The average Bonchev–Trinajstić information content (AvgIpc) is 3.24. The van der Waals surface area contributed by atoms with E-state index in [1.165, 1.54) is 43.3 Å². The van der Waals surface area contributed by atoms with Gasteiger partial charge in [0, 0.05) is 42.8 Å². The van der Waals surface area contributed by atoms with E-state index in [2.05, 4.69) is 45.5 Å². The van der Waals surface area contributed by atoms with E-state index < -0.39 is 0 Å². The van der Waals surface area contributed by atoms with Crippen LogP contribution >= 0.6 is 0 Å². The van der Waals surface area contributed by atoms with E-state index in [0.29, 0.717) is 6.04 Å². The second-order valence-corrected chi connectivity index (χ2v) is 6.57. The van der Waals surface area contributed by atoms with Crippen LogP contribution in [0.15, 0.2) is 30.3 Å². The van der Waals surface area contributed by atoms with E-state index in [1.807, 2.05) is 6.92 Å². The molecule has 1 atom stereocenters. The van der Waals surface area contributed by atoms with Crippen molar-refractivity contribution in [3.05, 3.63) is 41.6 Å². The zero-order valence-corrected chi connectivity index (χ0v) is 12.7. The number of likely N-dealkylation sites (tertiary alicyclic amines) is 1. The maximum Gasteiger partial charge on any atom is 0.0705 e. The van der Waals surface area contributed by atoms with Crippen molar-refractivity contribution in [1.29, 1.82) is 0 Å². The number of hydrogen-bond acceptors (Lipinski definition) is 3. The third-order valence-corrected chi connectivity index (χ3v) is 4.77. The molecular weight excluding hydrogens is 258 g/mol. The Morgan fingerprint density at radius 3 is 2.95 bits per heavy atom. The molecule has 1 aromatic carbocycles.